The van der Waals surface area contributed by atoms with Crippen LogP contribution in [0.15, 0.2) is 36.7 Å². The van der Waals surface area contributed by atoms with Crippen LogP contribution in [0.4, 0.5) is 4.39 Å². The first-order valence-electron chi connectivity index (χ1n) is 4.91. The van der Waals surface area contributed by atoms with Crippen LogP contribution in [-0.2, 0) is 6.42 Å². The summed E-state index contributed by atoms with van der Waals surface area (Å²) in [5, 5.41) is 0.00396. The second-order valence-corrected chi connectivity index (χ2v) is 3.83. The minimum Gasteiger partial charge on any atom is -0.290 e. The van der Waals surface area contributed by atoms with Crippen molar-refractivity contribution < 1.29 is 9.18 Å². The molecule has 0 unspecified atom stereocenters. The molecule has 0 aliphatic heterocycles. The number of Topliss-reactive ketones (excluding diaryl/α,β-unsaturated/α-hetero) is 1. The van der Waals surface area contributed by atoms with Crippen LogP contribution in [0, 0.1) is 5.82 Å². The monoisotopic (exact) mass is 250 g/mol. The van der Waals surface area contributed by atoms with Crippen LogP contribution in [0.25, 0.3) is 0 Å². The van der Waals surface area contributed by atoms with Gasteiger partial charge in [-0.15, -0.1) is 0 Å². The lowest BCUT2D eigenvalue weighted by Crippen LogP contribution is -2.08. The highest BCUT2D eigenvalue weighted by molar-refractivity contribution is 6.30. The summed E-state index contributed by atoms with van der Waals surface area (Å²) in [7, 11) is 0. The SMILES string of the molecule is O=C(Cc1ccc(F)c(Cl)c1)c1ncccn1. The third-order valence-corrected chi connectivity index (χ3v) is 2.45. The molecule has 5 heteroatoms. The molecule has 0 atom stereocenters. The fourth-order valence-electron chi connectivity index (χ4n) is 1.36. The lowest BCUT2D eigenvalue weighted by atomic mass is 10.1. The molecule has 0 N–H and O–H groups in total. The van der Waals surface area contributed by atoms with Crippen molar-refractivity contribution in [3.8, 4) is 0 Å². The summed E-state index contributed by atoms with van der Waals surface area (Å²) >= 11 is 5.63. The molecule has 3 nitrogen and oxygen atoms in total. The molecule has 0 aliphatic carbocycles. The standard InChI is InChI=1S/C12H8ClFN2O/c13-9-6-8(2-3-10(9)14)7-11(17)12-15-4-1-5-16-12/h1-6H,7H2. The van der Waals surface area contributed by atoms with Crippen LogP contribution in [0.2, 0.25) is 5.02 Å². The van der Waals surface area contributed by atoms with Gasteiger partial charge in [0.05, 0.1) is 5.02 Å². The average Bonchev–Trinajstić information content (AvgIpc) is 2.35. The van der Waals surface area contributed by atoms with Crippen LogP contribution >= 0.6 is 11.6 Å². The Morgan fingerprint density at radius 3 is 2.65 bits per heavy atom. The third kappa shape index (κ3) is 2.85. The fraction of sp³-hybridized carbons (Fsp3) is 0.0833. The number of benzene rings is 1. The van der Waals surface area contributed by atoms with E-state index in [4.69, 9.17) is 11.6 Å². The molecule has 0 bridgehead atoms. The summed E-state index contributed by atoms with van der Waals surface area (Å²) in [6.07, 6.45) is 3.10. The van der Waals surface area contributed by atoms with Gasteiger partial charge in [0.1, 0.15) is 5.82 Å². The van der Waals surface area contributed by atoms with E-state index in [2.05, 4.69) is 9.97 Å². The van der Waals surface area contributed by atoms with E-state index in [0.717, 1.165) is 0 Å². The molecule has 0 amide bonds. The molecule has 0 saturated carbocycles. The van der Waals surface area contributed by atoms with E-state index >= 15 is 0 Å². The van der Waals surface area contributed by atoms with E-state index in [1.54, 1.807) is 6.07 Å². The fourth-order valence-corrected chi connectivity index (χ4v) is 1.56. The molecule has 17 heavy (non-hydrogen) atoms. The lowest BCUT2D eigenvalue weighted by molar-refractivity contribution is 0.0983. The van der Waals surface area contributed by atoms with Crippen LogP contribution in [0.5, 0.6) is 0 Å². The molecule has 1 heterocycles. The number of carbonyl (C=O) groups excluding carboxylic acids is 1. The van der Waals surface area contributed by atoms with Crippen molar-refractivity contribution in [3.05, 3.63) is 58.9 Å². The first kappa shape index (κ1) is 11.7. The molecular formula is C12H8ClFN2O. The predicted octanol–water partition coefficient (Wildman–Crippen LogP) is 2.69. The Kier molecular flexibility index (Phi) is 3.44. The molecule has 0 radical (unpaired) electrons. The molecule has 2 aromatic rings. The van der Waals surface area contributed by atoms with Gasteiger partial charge < -0.3 is 0 Å². The van der Waals surface area contributed by atoms with Gasteiger partial charge in [-0.3, -0.25) is 4.79 Å². The van der Waals surface area contributed by atoms with Crippen molar-refractivity contribution in [1.82, 2.24) is 9.97 Å². The van der Waals surface area contributed by atoms with Gasteiger partial charge in [-0.1, -0.05) is 17.7 Å². The van der Waals surface area contributed by atoms with Gasteiger partial charge in [-0.2, -0.15) is 0 Å². The molecule has 0 aliphatic rings. The lowest BCUT2D eigenvalue weighted by Gasteiger charge is -2.01. The van der Waals surface area contributed by atoms with Gasteiger partial charge in [0.25, 0.3) is 0 Å². The first-order chi connectivity index (χ1) is 8.16. The van der Waals surface area contributed by atoms with E-state index in [1.807, 2.05) is 0 Å². The maximum atomic E-state index is 12.9. The van der Waals surface area contributed by atoms with Gasteiger partial charge in [-0.25, -0.2) is 14.4 Å². The molecule has 0 fully saturated rings. The smallest absolute Gasteiger partial charge is 0.204 e. The Morgan fingerprint density at radius 1 is 1.29 bits per heavy atom. The number of hydrogen-bond donors (Lipinski definition) is 0. The van der Waals surface area contributed by atoms with Gasteiger partial charge >= 0.3 is 0 Å². The number of nitrogens with zero attached hydrogens (tertiary/aromatic N) is 2. The Bertz CT molecular complexity index is 545. The second-order valence-electron chi connectivity index (χ2n) is 3.42. The normalized spacial score (nSPS) is 10.2. The molecule has 1 aromatic carbocycles. The van der Waals surface area contributed by atoms with E-state index in [0.29, 0.717) is 5.56 Å². The number of aromatic nitrogens is 2. The van der Waals surface area contributed by atoms with Gasteiger partial charge in [0, 0.05) is 18.8 Å². The number of hydrogen-bond acceptors (Lipinski definition) is 3. The zero-order valence-electron chi connectivity index (χ0n) is 8.73. The number of rotatable bonds is 3. The highest BCUT2D eigenvalue weighted by atomic mass is 35.5. The zero-order chi connectivity index (χ0) is 12.3. The summed E-state index contributed by atoms with van der Waals surface area (Å²) < 4.78 is 12.9. The molecule has 1 aromatic heterocycles. The van der Waals surface area contributed by atoms with Crippen molar-refractivity contribution in [3.63, 3.8) is 0 Å². The van der Waals surface area contributed by atoms with E-state index < -0.39 is 5.82 Å². The molecule has 2 rings (SSSR count). The summed E-state index contributed by atoms with van der Waals surface area (Å²) in [5.41, 5.74) is 0.633. The van der Waals surface area contributed by atoms with E-state index in [-0.39, 0.29) is 23.1 Å². The molecular weight excluding hydrogens is 243 g/mol. The summed E-state index contributed by atoms with van der Waals surface area (Å²) in [6.45, 7) is 0. The van der Waals surface area contributed by atoms with Crippen molar-refractivity contribution >= 4 is 17.4 Å². The summed E-state index contributed by atoms with van der Waals surface area (Å²) in [4.78, 5) is 19.4. The highest BCUT2D eigenvalue weighted by Crippen LogP contribution is 2.16. The van der Waals surface area contributed by atoms with Gasteiger partial charge in [0.15, 0.2) is 5.82 Å². The summed E-state index contributed by atoms with van der Waals surface area (Å²) in [6, 6.07) is 5.81. The predicted molar refractivity (Wildman–Crippen MR) is 61.5 cm³/mol. The quantitative estimate of drug-likeness (QED) is 0.787. The maximum absolute atomic E-state index is 12.9. The van der Waals surface area contributed by atoms with Gasteiger partial charge in [0.2, 0.25) is 5.78 Å². The van der Waals surface area contributed by atoms with Crippen molar-refractivity contribution in [2.45, 2.75) is 6.42 Å². The number of carbonyl (C=O) groups is 1. The molecule has 86 valence electrons. The second kappa shape index (κ2) is 5.01. The zero-order valence-corrected chi connectivity index (χ0v) is 9.49. The van der Waals surface area contributed by atoms with Crippen LogP contribution < -0.4 is 0 Å². The maximum Gasteiger partial charge on any atom is 0.204 e. The van der Waals surface area contributed by atoms with Gasteiger partial charge in [-0.05, 0) is 23.8 Å². The largest absolute Gasteiger partial charge is 0.290 e. The topological polar surface area (TPSA) is 42.9 Å². The number of halogens is 2. The minimum atomic E-state index is -0.501. The Labute approximate surface area is 102 Å². The summed E-state index contributed by atoms with van der Waals surface area (Å²) in [5.74, 6) is -0.583. The highest BCUT2D eigenvalue weighted by Gasteiger charge is 2.10. The Morgan fingerprint density at radius 2 is 2.00 bits per heavy atom. The van der Waals surface area contributed by atoms with Crippen molar-refractivity contribution in [2.24, 2.45) is 0 Å². The molecule has 0 saturated heterocycles. The Balaban J connectivity index is 2.16. The van der Waals surface area contributed by atoms with Crippen LogP contribution in [-0.4, -0.2) is 15.8 Å². The average molecular weight is 251 g/mol. The van der Waals surface area contributed by atoms with E-state index in [9.17, 15) is 9.18 Å². The first-order valence-corrected chi connectivity index (χ1v) is 5.29. The molecule has 0 spiro atoms. The number of ketones is 1. The van der Waals surface area contributed by atoms with Crippen LogP contribution in [0.1, 0.15) is 16.2 Å². The Hall–Kier alpha value is -1.81. The minimum absolute atomic E-state index is 0.00396. The van der Waals surface area contributed by atoms with Crippen molar-refractivity contribution in [2.75, 3.05) is 0 Å². The third-order valence-electron chi connectivity index (χ3n) is 2.16. The van der Waals surface area contributed by atoms with Crippen molar-refractivity contribution in [1.29, 1.82) is 0 Å². The van der Waals surface area contributed by atoms with Crippen LogP contribution in [0.3, 0.4) is 0 Å². The van der Waals surface area contributed by atoms with E-state index in [1.165, 1.54) is 30.6 Å².